The molecular formula is C26H18N4. The molecule has 0 saturated carbocycles. The molecule has 0 aliphatic heterocycles. The number of hydrogen-bond acceptors (Lipinski definition) is 3. The SMILES string of the molecule is C#Cc1c(/C=C\C)c2ccccc2n1-c1nc(-c2ccccc2)nc2ccncc12. The second kappa shape index (κ2) is 7.31. The number of hydrogen-bond donors (Lipinski definition) is 0. The first-order chi connectivity index (χ1) is 14.8. The molecule has 0 unspecified atom stereocenters. The molecule has 5 aromatic rings. The maximum atomic E-state index is 6.01. The number of terminal acetylenes is 1. The largest absolute Gasteiger partial charge is 0.286 e. The minimum Gasteiger partial charge on any atom is -0.286 e. The maximum Gasteiger partial charge on any atom is 0.162 e. The van der Waals surface area contributed by atoms with E-state index in [9.17, 15) is 0 Å². The van der Waals surface area contributed by atoms with E-state index in [4.69, 9.17) is 16.4 Å². The third kappa shape index (κ3) is 2.76. The summed E-state index contributed by atoms with van der Waals surface area (Å²) in [5.41, 5.74) is 4.54. The van der Waals surface area contributed by atoms with Gasteiger partial charge in [-0.15, -0.1) is 6.42 Å². The fourth-order valence-corrected chi connectivity index (χ4v) is 3.81. The second-order valence-electron chi connectivity index (χ2n) is 6.89. The Balaban J connectivity index is 1.93. The Hall–Kier alpha value is -4.23. The Morgan fingerprint density at radius 3 is 2.53 bits per heavy atom. The van der Waals surface area contributed by atoms with E-state index in [0.717, 1.165) is 44.4 Å². The molecule has 0 aliphatic rings. The van der Waals surface area contributed by atoms with Gasteiger partial charge in [0.15, 0.2) is 11.6 Å². The fourth-order valence-electron chi connectivity index (χ4n) is 3.81. The van der Waals surface area contributed by atoms with E-state index in [0.29, 0.717) is 5.82 Å². The van der Waals surface area contributed by atoms with Crippen molar-refractivity contribution >= 4 is 27.9 Å². The summed E-state index contributed by atoms with van der Waals surface area (Å²) in [5, 5.41) is 1.93. The van der Waals surface area contributed by atoms with Crippen LogP contribution in [0.1, 0.15) is 18.2 Å². The molecule has 3 aromatic heterocycles. The van der Waals surface area contributed by atoms with Crippen molar-refractivity contribution in [1.29, 1.82) is 0 Å². The molecular weight excluding hydrogens is 368 g/mol. The summed E-state index contributed by atoms with van der Waals surface area (Å²) in [6, 6.07) is 20.1. The van der Waals surface area contributed by atoms with Crippen LogP contribution < -0.4 is 0 Å². The number of aromatic nitrogens is 4. The van der Waals surface area contributed by atoms with Crippen LogP contribution in [0.5, 0.6) is 0 Å². The second-order valence-corrected chi connectivity index (χ2v) is 6.89. The Kier molecular flexibility index (Phi) is 4.34. The summed E-state index contributed by atoms with van der Waals surface area (Å²) in [6.07, 6.45) is 13.6. The molecule has 142 valence electrons. The lowest BCUT2D eigenvalue weighted by molar-refractivity contribution is 1.02. The van der Waals surface area contributed by atoms with E-state index in [2.05, 4.69) is 23.0 Å². The van der Waals surface area contributed by atoms with Crippen LogP contribution in [0.4, 0.5) is 0 Å². The lowest BCUT2D eigenvalue weighted by Gasteiger charge is -2.12. The first-order valence-electron chi connectivity index (χ1n) is 9.72. The van der Waals surface area contributed by atoms with E-state index >= 15 is 0 Å². The van der Waals surface area contributed by atoms with Crippen LogP contribution in [0.3, 0.4) is 0 Å². The molecule has 0 atom stereocenters. The number of pyridine rings is 1. The van der Waals surface area contributed by atoms with Gasteiger partial charge in [-0.25, -0.2) is 9.97 Å². The molecule has 5 rings (SSSR count). The van der Waals surface area contributed by atoms with Crippen molar-refractivity contribution in [3.05, 3.63) is 90.4 Å². The fraction of sp³-hybridized carbons (Fsp3) is 0.0385. The zero-order chi connectivity index (χ0) is 20.5. The smallest absolute Gasteiger partial charge is 0.162 e. The van der Waals surface area contributed by atoms with Crippen molar-refractivity contribution in [1.82, 2.24) is 19.5 Å². The number of benzene rings is 2. The minimum absolute atomic E-state index is 0.651. The normalized spacial score (nSPS) is 11.3. The van der Waals surface area contributed by atoms with Gasteiger partial charge in [-0.3, -0.25) is 9.55 Å². The maximum absolute atomic E-state index is 6.01. The number of nitrogens with zero attached hydrogens (tertiary/aromatic N) is 4. The van der Waals surface area contributed by atoms with Crippen molar-refractivity contribution in [2.45, 2.75) is 6.92 Å². The van der Waals surface area contributed by atoms with Crippen molar-refractivity contribution in [2.24, 2.45) is 0 Å². The molecule has 0 fully saturated rings. The number of fused-ring (bicyclic) bond motifs is 2. The van der Waals surface area contributed by atoms with Gasteiger partial charge in [-0.2, -0.15) is 0 Å². The summed E-state index contributed by atoms with van der Waals surface area (Å²) >= 11 is 0. The number of para-hydroxylation sites is 1. The van der Waals surface area contributed by atoms with Crippen LogP contribution in [0.25, 0.3) is 45.1 Å². The van der Waals surface area contributed by atoms with Crippen molar-refractivity contribution in [3.8, 4) is 29.5 Å². The first kappa shape index (κ1) is 17.8. The summed E-state index contributed by atoms with van der Waals surface area (Å²) in [6.45, 7) is 1.99. The third-order valence-corrected chi connectivity index (χ3v) is 5.10. The van der Waals surface area contributed by atoms with E-state index in [1.165, 1.54) is 0 Å². The summed E-state index contributed by atoms with van der Waals surface area (Å²) in [7, 11) is 0. The molecule has 0 spiro atoms. The molecule has 0 saturated heterocycles. The van der Waals surface area contributed by atoms with Crippen molar-refractivity contribution < 1.29 is 0 Å². The lowest BCUT2D eigenvalue weighted by Crippen LogP contribution is -2.05. The highest BCUT2D eigenvalue weighted by atomic mass is 15.1. The highest BCUT2D eigenvalue weighted by Gasteiger charge is 2.19. The molecule has 4 nitrogen and oxygen atoms in total. The molecule has 0 bridgehead atoms. The predicted molar refractivity (Wildman–Crippen MR) is 122 cm³/mol. The molecule has 0 aliphatic carbocycles. The van der Waals surface area contributed by atoms with Crippen LogP contribution in [0.15, 0.2) is 79.1 Å². The monoisotopic (exact) mass is 386 g/mol. The van der Waals surface area contributed by atoms with Gasteiger partial charge in [-0.1, -0.05) is 66.6 Å². The van der Waals surface area contributed by atoms with Gasteiger partial charge in [0, 0.05) is 28.9 Å². The topological polar surface area (TPSA) is 43.6 Å². The van der Waals surface area contributed by atoms with E-state index in [-0.39, 0.29) is 0 Å². The molecule has 30 heavy (non-hydrogen) atoms. The highest BCUT2D eigenvalue weighted by molar-refractivity contribution is 5.96. The molecule has 0 N–H and O–H groups in total. The zero-order valence-electron chi connectivity index (χ0n) is 16.4. The molecule has 4 heteroatoms. The summed E-state index contributed by atoms with van der Waals surface area (Å²) in [4.78, 5) is 14.1. The first-order valence-corrected chi connectivity index (χ1v) is 9.72. The quantitative estimate of drug-likeness (QED) is 0.376. The van der Waals surface area contributed by atoms with Gasteiger partial charge >= 0.3 is 0 Å². The van der Waals surface area contributed by atoms with Crippen LogP contribution in [0, 0.1) is 12.3 Å². The van der Waals surface area contributed by atoms with Gasteiger partial charge < -0.3 is 0 Å². The van der Waals surface area contributed by atoms with Crippen LogP contribution >= 0.6 is 0 Å². The van der Waals surface area contributed by atoms with Gasteiger partial charge in [0.25, 0.3) is 0 Å². The van der Waals surface area contributed by atoms with Gasteiger partial charge in [0.2, 0.25) is 0 Å². The standard InChI is InChI=1S/C26H18N4/c1-3-10-19-20-13-8-9-14-24(20)30(23(19)4-2)26-21-17-27-16-15-22(21)28-25(29-26)18-11-6-5-7-12-18/h2-3,5-17H,1H3/b10-3-. The van der Waals surface area contributed by atoms with Crippen molar-refractivity contribution in [3.63, 3.8) is 0 Å². The Morgan fingerprint density at radius 1 is 0.933 bits per heavy atom. The Morgan fingerprint density at radius 2 is 1.73 bits per heavy atom. The van der Waals surface area contributed by atoms with E-state index in [1.54, 1.807) is 12.4 Å². The van der Waals surface area contributed by atoms with Gasteiger partial charge in [0.05, 0.1) is 16.4 Å². The zero-order valence-corrected chi connectivity index (χ0v) is 16.4. The van der Waals surface area contributed by atoms with Crippen LogP contribution in [0.2, 0.25) is 0 Å². The average Bonchev–Trinajstić information content (AvgIpc) is 3.12. The summed E-state index contributed by atoms with van der Waals surface area (Å²) < 4.78 is 2.04. The minimum atomic E-state index is 0.651. The van der Waals surface area contributed by atoms with E-state index < -0.39 is 0 Å². The third-order valence-electron chi connectivity index (χ3n) is 5.10. The Labute approximate surface area is 174 Å². The highest BCUT2D eigenvalue weighted by Crippen LogP contribution is 2.33. The average molecular weight is 386 g/mol. The van der Waals surface area contributed by atoms with Gasteiger partial charge in [0.1, 0.15) is 5.69 Å². The van der Waals surface area contributed by atoms with Crippen LogP contribution in [-0.4, -0.2) is 19.5 Å². The number of allylic oxidation sites excluding steroid dienone is 1. The lowest BCUT2D eigenvalue weighted by atomic mass is 10.1. The number of rotatable bonds is 3. The van der Waals surface area contributed by atoms with E-state index in [1.807, 2.05) is 72.2 Å². The molecule has 0 radical (unpaired) electrons. The Bertz CT molecular complexity index is 1450. The molecule has 3 heterocycles. The molecule has 2 aromatic carbocycles. The summed E-state index contributed by atoms with van der Waals surface area (Å²) in [5.74, 6) is 4.27. The van der Waals surface area contributed by atoms with Gasteiger partial charge in [-0.05, 0) is 19.1 Å². The predicted octanol–water partition coefficient (Wildman–Crippen LogP) is 5.65. The van der Waals surface area contributed by atoms with Crippen molar-refractivity contribution in [2.75, 3.05) is 0 Å². The molecule has 0 amide bonds. The van der Waals surface area contributed by atoms with Crippen LogP contribution in [-0.2, 0) is 0 Å².